The second kappa shape index (κ2) is 7.69. The summed E-state index contributed by atoms with van der Waals surface area (Å²) in [6.45, 7) is 1.66. The first-order valence-corrected chi connectivity index (χ1v) is 7.94. The topological polar surface area (TPSA) is 83.7 Å². The van der Waals surface area contributed by atoms with Gasteiger partial charge in [0.25, 0.3) is 5.89 Å². The van der Waals surface area contributed by atoms with E-state index in [2.05, 4.69) is 10.2 Å². The van der Waals surface area contributed by atoms with Gasteiger partial charge < -0.3 is 18.6 Å². The third-order valence-electron chi connectivity index (χ3n) is 3.72. The molecular weight excluding hydrogens is 336 g/mol. The van der Waals surface area contributed by atoms with Crippen LogP contribution >= 0.6 is 0 Å². The van der Waals surface area contributed by atoms with Crippen molar-refractivity contribution in [3.8, 4) is 23.0 Å². The van der Waals surface area contributed by atoms with E-state index in [0.29, 0.717) is 17.4 Å². The summed E-state index contributed by atoms with van der Waals surface area (Å²) in [5.74, 6) is 0.958. The number of hydrogen-bond donors (Lipinski definition) is 0. The third kappa shape index (κ3) is 3.66. The maximum atomic E-state index is 12.5. The number of hydrogen-bond acceptors (Lipinski definition) is 7. The van der Waals surface area contributed by atoms with Crippen LogP contribution in [0.25, 0.3) is 11.5 Å². The number of methoxy groups -OCH3 is 2. The van der Waals surface area contributed by atoms with Crippen LogP contribution in [0.1, 0.15) is 29.3 Å². The van der Waals surface area contributed by atoms with E-state index in [1.165, 1.54) is 14.2 Å². The van der Waals surface area contributed by atoms with Gasteiger partial charge in [0.05, 0.1) is 14.2 Å². The zero-order chi connectivity index (χ0) is 18.5. The summed E-state index contributed by atoms with van der Waals surface area (Å²) in [5.41, 5.74) is 1.07. The highest BCUT2D eigenvalue weighted by atomic mass is 16.6. The van der Waals surface area contributed by atoms with Crippen molar-refractivity contribution in [3.05, 3.63) is 60.0 Å². The SMILES string of the molecule is COc1ccc(C(=O)OC(C)c2nnc(-c3ccccc3)o2)c(OC)c1. The van der Waals surface area contributed by atoms with Crippen LogP contribution in [0, 0.1) is 0 Å². The van der Waals surface area contributed by atoms with E-state index in [4.69, 9.17) is 18.6 Å². The molecule has 0 amide bonds. The molecule has 0 radical (unpaired) electrons. The molecule has 0 saturated heterocycles. The summed E-state index contributed by atoms with van der Waals surface area (Å²) in [6, 6.07) is 14.2. The van der Waals surface area contributed by atoms with Crippen molar-refractivity contribution in [2.45, 2.75) is 13.0 Å². The van der Waals surface area contributed by atoms with Crippen LogP contribution in [-0.4, -0.2) is 30.4 Å². The first kappa shape index (κ1) is 17.5. The first-order valence-electron chi connectivity index (χ1n) is 7.94. The number of nitrogens with zero attached hydrogens (tertiary/aromatic N) is 2. The zero-order valence-electron chi connectivity index (χ0n) is 14.6. The van der Waals surface area contributed by atoms with E-state index >= 15 is 0 Å². The Balaban J connectivity index is 1.75. The number of ether oxygens (including phenoxy) is 3. The largest absolute Gasteiger partial charge is 0.497 e. The highest BCUT2D eigenvalue weighted by Gasteiger charge is 2.22. The zero-order valence-corrected chi connectivity index (χ0v) is 14.6. The normalized spacial score (nSPS) is 11.7. The molecule has 0 bridgehead atoms. The smallest absolute Gasteiger partial charge is 0.342 e. The lowest BCUT2D eigenvalue weighted by Gasteiger charge is -2.12. The van der Waals surface area contributed by atoms with E-state index < -0.39 is 12.1 Å². The fourth-order valence-corrected chi connectivity index (χ4v) is 2.34. The van der Waals surface area contributed by atoms with Crippen molar-refractivity contribution in [1.29, 1.82) is 0 Å². The van der Waals surface area contributed by atoms with E-state index in [1.54, 1.807) is 25.1 Å². The van der Waals surface area contributed by atoms with Crippen molar-refractivity contribution in [1.82, 2.24) is 10.2 Å². The predicted octanol–water partition coefficient (Wildman–Crippen LogP) is 3.67. The summed E-state index contributed by atoms with van der Waals surface area (Å²) in [4.78, 5) is 12.5. The first-order chi connectivity index (χ1) is 12.6. The van der Waals surface area contributed by atoms with Gasteiger partial charge in [0.1, 0.15) is 17.1 Å². The van der Waals surface area contributed by atoms with Gasteiger partial charge in [-0.25, -0.2) is 4.79 Å². The van der Waals surface area contributed by atoms with Crippen LogP contribution < -0.4 is 9.47 Å². The summed E-state index contributed by atoms with van der Waals surface area (Å²) >= 11 is 0. The van der Waals surface area contributed by atoms with Crippen LogP contribution in [0.3, 0.4) is 0 Å². The summed E-state index contributed by atoms with van der Waals surface area (Å²) < 4.78 is 21.4. The van der Waals surface area contributed by atoms with Gasteiger partial charge in [-0.2, -0.15) is 0 Å². The van der Waals surface area contributed by atoms with Crippen LogP contribution in [0.5, 0.6) is 11.5 Å². The Bertz CT molecular complexity index is 892. The van der Waals surface area contributed by atoms with Crippen molar-refractivity contribution in [3.63, 3.8) is 0 Å². The highest BCUT2D eigenvalue weighted by molar-refractivity contribution is 5.92. The molecular formula is C19H18N2O5. The van der Waals surface area contributed by atoms with Crippen LogP contribution in [0.2, 0.25) is 0 Å². The average Bonchev–Trinajstić information content (AvgIpc) is 3.18. The lowest BCUT2D eigenvalue weighted by atomic mass is 10.2. The second-order valence-electron chi connectivity index (χ2n) is 5.43. The van der Waals surface area contributed by atoms with E-state index in [9.17, 15) is 4.79 Å². The van der Waals surface area contributed by atoms with Gasteiger partial charge in [-0.15, -0.1) is 10.2 Å². The fourth-order valence-electron chi connectivity index (χ4n) is 2.34. The maximum absolute atomic E-state index is 12.5. The molecule has 1 heterocycles. The molecule has 1 unspecified atom stereocenters. The minimum Gasteiger partial charge on any atom is -0.497 e. The fraction of sp³-hybridized carbons (Fsp3) is 0.211. The molecule has 26 heavy (non-hydrogen) atoms. The maximum Gasteiger partial charge on any atom is 0.342 e. The number of esters is 1. The number of rotatable bonds is 6. The van der Waals surface area contributed by atoms with Crippen molar-refractivity contribution >= 4 is 5.97 Å². The third-order valence-corrected chi connectivity index (χ3v) is 3.72. The van der Waals surface area contributed by atoms with Crippen molar-refractivity contribution < 1.29 is 23.4 Å². The van der Waals surface area contributed by atoms with Crippen molar-refractivity contribution in [2.75, 3.05) is 14.2 Å². The minimum atomic E-state index is -0.709. The molecule has 1 atom stereocenters. The lowest BCUT2D eigenvalue weighted by Crippen LogP contribution is -2.11. The van der Waals surface area contributed by atoms with Crippen LogP contribution in [0.4, 0.5) is 0 Å². The highest BCUT2D eigenvalue weighted by Crippen LogP contribution is 2.28. The van der Waals surface area contributed by atoms with E-state index in [0.717, 1.165) is 5.56 Å². The minimum absolute atomic E-state index is 0.213. The van der Waals surface area contributed by atoms with Gasteiger partial charge >= 0.3 is 5.97 Å². The molecule has 7 nitrogen and oxygen atoms in total. The number of carbonyl (C=O) groups excluding carboxylic acids is 1. The Morgan fingerprint density at radius 3 is 2.50 bits per heavy atom. The van der Waals surface area contributed by atoms with Gasteiger partial charge in [-0.1, -0.05) is 18.2 Å². The van der Waals surface area contributed by atoms with Gasteiger partial charge in [0, 0.05) is 11.6 Å². The molecule has 1 aromatic heterocycles. The number of aromatic nitrogens is 2. The van der Waals surface area contributed by atoms with E-state index in [1.807, 2.05) is 30.3 Å². The molecule has 0 spiro atoms. The van der Waals surface area contributed by atoms with Gasteiger partial charge in [-0.05, 0) is 31.2 Å². The molecule has 3 rings (SSSR count). The second-order valence-corrected chi connectivity index (χ2v) is 5.43. The Kier molecular flexibility index (Phi) is 5.17. The molecule has 7 heteroatoms. The molecule has 0 aliphatic heterocycles. The van der Waals surface area contributed by atoms with Gasteiger partial charge in [0.15, 0.2) is 6.10 Å². The monoisotopic (exact) mass is 354 g/mol. The predicted molar refractivity (Wildman–Crippen MR) is 93.1 cm³/mol. The molecule has 0 N–H and O–H groups in total. The van der Waals surface area contributed by atoms with Crippen molar-refractivity contribution in [2.24, 2.45) is 0 Å². The van der Waals surface area contributed by atoms with Gasteiger partial charge in [-0.3, -0.25) is 0 Å². The van der Waals surface area contributed by atoms with Crippen LogP contribution in [-0.2, 0) is 4.74 Å². The molecule has 0 fully saturated rings. The molecule has 2 aromatic carbocycles. The Morgan fingerprint density at radius 1 is 1.04 bits per heavy atom. The Hall–Kier alpha value is -3.35. The van der Waals surface area contributed by atoms with Gasteiger partial charge in [0.2, 0.25) is 5.89 Å². The molecule has 134 valence electrons. The number of benzene rings is 2. The Labute approximate surface area is 150 Å². The average molecular weight is 354 g/mol. The molecule has 0 saturated carbocycles. The number of carbonyl (C=O) groups is 1. The molecule has 3 aromatic rings. The quantitative estimate of drug-likeness (QED) is 0.624. The molecule has 0 aliphatic rings. The summed E-state index contributed by atoms with van der Waals surface area (Å²) in [6.07, 6.45) is -0.709. The molecule has 0 aliphatic carbocycles. The summed E-state index contributed by atoms with van der Waals surface area (Å²) in [5, 5.41) is 7.96. The standard InChI is InChI=1S/C19H18N2O5/c1-12(17-20-21-18(26-17)13-7-5-4-6-8-13)25-19(22)15-10-9-14(23-2)11-16(15)24-3/h4-12H,1-3H3. The lowest BCUT2D eigenvalue weighted by molar-refractivity contribution is 0.0276. The van der Waals surface area contributed by atoms with E-state index in [-0.39, 0.29) is 11.5 Å². The van der Waals surface area contributed by atoms with Crippen LogP contribution in [0.15, 0.2) is 52.9 Å². The Morgan fingerprint density at radius 2 is 1.81 bits per heavy atom. The summed E-state index contributed by atoms with van der Waals surface area (Å²) in [7, 11) is 3.01.